The quantitative estimate of drug-likeness (QED) is 0.511. The van der Waals surface area contributed by atoms with Crippen molar-refractivity contribution in [2.24, 2.45) is 5.73 Å². The monoisotopic (exact) mass is 329 g/mol. The highest BCUT2D eigenvalue weighted by atomic mass is 16.5. The molecule has 2 heteroatoms. The van der Waals surface area contributed by atoms with E-state index in [0.29, 0.717) is 6.61 Å². The molecule has 1 atom stereocenters. The van der Waals surface area contributed by atoms with Gasteiger partial charge in [-0.15, -0.1) is 6.58 Å². The van der Waals surface area contributed by atoms with E-state index in [0.717, 1.165) is 16.7 Å². The first-order valence-corrected chi connectivity index (χ1v) is 8.46. The third kappa shape index (κ3) is 3.55. The van der Waals surface area contributed by atoms with Crippen molar-refractivity contribution < 1.29 is 4.74 Å². The van der Waals surface area contributed by atoms with Gasteiger partial charge in [-0.25, -0.2) is 0 Å². The fourth-order valence-electron chi connectivity index (χ4n) is 3.06. The van der Waals surface area contributed by atoms with Crippen molar-refractivity contribution >= 4 is 0 Å². The molecule has 0 fully saturated rings. The van der Waals surface area contributed by atoms with Gasteiger partial charge in [0.2, 0.25) is 0 Å². The third-order valence-electron chi connectivity index (χ3n) is 4.34. The lowest BCUT2D eigenvalue weighted by Gasteiger charge is -2.36. The van der Waals surface area contributed by atoms with E-state index in [4.69, 9.17) is 10.5 Å². The van der Waals surface area contributed by atoms with Crippen LogP contribution in [-0.2, 0) is 10.3 Å². The lowest BCUT2D eigenvalue weighted by atomic mass is 9.80. The Bertz CT molecular complexity index is 687. The van der Waals surface area contributed by atoms with Crippen molar-refractivity contribution in [3.8, 4) is 0 Å². The highest BCUT2D eigenvalue weighted by Crippen LogP contribution is 2.40. The van der Waals surface area contributed by atoms with Gasteiger partial charge in [-0.05, 0) is 16.7 Å². The van der Waals surface area contributed by atoms with Crippen LogP contribution in [0.2, 0.25) is 0 Å². The van der Waals surface area contributed by atoms with Crippen LogP contribution in [0.5, 0.6) is 0 Å². The van der Waals surface area contributed by atoms with Crippen LogP contribution in [-0.4, -0.2) is 12.6 Å². The zero-order chi connectivity index (χ0) is 17.5. The Balaban J connectivity index is 2.22. The van der Waals surface area contributed by atoms with Gasteiger partial charge in [-0.2, -0.15) is 0 Å². The van der Waals surface area contributed by atoms with Crippen LogP contribution < -0.4 is 5.73 Å². The first kappa shape index (κ1) is 17.2. The second kappa shape index (κ2) is 7.93. The van der Waals surface area contributed by atoms with Gasteiger partial charge in [-0.3, -0.25) is 0 Å². The highest BCUT2D eigenvalue weighted by molar-refractivity contribution is 5.47. The minimum Gasteiger partial charge on any atom is -0.359 e. The molecule has 2 N–H and O–H groups in total. The molecular formula is C23H23NO. The first-order chi connectivity index (χ1) is 12.3. The number of benzene rings is 3. The second-order valence-corrected chi connectivity index (χ2v) is 5.99. The summed E-state index contributed by atoms with van der Waals surface area (Å²) in [7, 11) is 0. The molecule has 25 heavy (non-hydrogen) atoms. The molecule has 3 aromatic carbocycles. The first-order valence-electron chi connectivity index (χ1n) is 8.46. The summed E-state index contributed by atoms with van der Waals surface area (Å²) in [6, 6.07) is 30.6. The van der Waals surface area contributed by atoms with Crippen LogP contribution in [0, 0.1) is 0 Å². The molecule has 0 aliphatic carbocycles. The maximum atomic E-state index is 6.54. The molecule has 0 aliphatic heterocycles. The van der Waals surface area contributed by atoms with Crippen LogP contribution in [0.1, 0.15) is 16.7 Å². The van der Waals surface area contributed by atoms with Gasteiger partial charge in [0.25, 0.3) is 0 Å². The Morgan fingerprint density at radius 3 is 1.44 bits per heavy atom. The normalized spacial score (nSPS) is 12.5. The van der Waals surface area contributed by atoms with E-state index in [9.17, 15) is 0 Å². The molecule has 0 saturated heterocycles. The third-order valence-corrected chi connectivity index (χ3v) is 4.34. The molecule has 0 amide bonds. The van der Waals surface area contributed by atoms with Crippen LogP contribution in [0.15, 0.2) is 104 Å². The molecule has 0 aliphatic rings. The Morgan fingerprint density at radius 1 is 0.760 bits per heavy atom. The molecule has 2 nitrogen and oxygen atoms in total. The average Bonchev–Trinajstić information content (AvgIpc) is 2.71. The number of hydrogen-bond donors (Lipinski definition) is 1. The van der Waals surface area contributed by atoms with Crippen molar-refractivity contribution in [3.05, 3.63) is 120 Å². The van der Waals surface area contributed by atoms with E-state index < -0.39 is 5.60 Å². The van der Waals surface area contributed by atoms with Crippen LogP contribution in [0.25, 0.3) is 0 Å². The number of ether oxygens (including phenoxy) is 1. The maximum absolute atomic E-state index is 6.54. The van der Waals surface area contributed by atoms with Gasteiger partial charge in [0.1, 0.15) is 5.60 Å². The maximum Gasteiger partial charge on any atom is 0.143 e. The van der Waals surface area contributed by atoms with E-state index in [-0.39, 0.29) is 6.04 Å². The Labute approximate surface area is 149 Å². The zero-order valence-electron chi connectivity index (χ0n) is 14.2. The predicted molar refractivity (Wildman–Crippen MR) is 103 cm³/mol. The minimum absolute atomic E-state index is 0.226. The smallest absolute Gasteiger partial charge is 0.143 e. The molecule has 0 radical (unpaired) electrons. The van der Waals surface area contributed by atoms with Crippen LogP contribution in [0.3, 0.4) is 0 Å². The van der Waals surface area contributed by atoms with Gasteiger partial charge in [-0.1, -0.05) is 97.1 Å². The molecule has 126 valence electrons. The van der Waals surface area contributed by atoms with Crippen molar-refractivity contribution in [2.45, 2.75) is 11.6 Å². The molecule has 0 spiro atoms. The summed E-state index contributed by atoms with van der Waals surface area (Å²) in [5, 5.41) is 0. The molecule has 0 heterocycles. The largest absolute Gasteiger partial charge is 0.359 e. The summed E-state index contributed by atoms with van der Waals surface area (Å²) in [5.41, 5.74) is 8.57. The molecular weight excluding hydrogens is 306 g/mol. The second-order valence-electron chi connectivity index (χ2n) is 5.99. The Morgan fingerprint density at radius 2 is 1.12 bits per heavy atom. The highest BCUT2D eigenvalue weighted by Gasteiger charge is 2.37. The Hall–Kier alpha value is -2.68. The summed E-state index contributed by atoms with van der Waals surface area (Å²) in [5.74, 6) is 0. The van der Waals surface area contributed by atoms with Crippen molar-refractivity contribution in [1.82, 2.24) is 0 Å². The number of rotatable bonds is 7. The average molecular weight is 329 g/mol. The van der Waals surface area contributed by atoms with Crippen molar-refractivity contribution in [1.29, 1.82) is 0 Å². The lowest BCUT2D eigenvalue weighted by molar-refractivity contribution is 0.0103. The van der Waals surface area contributed by atoms with Gasteiger partial charge in [0.15, 0.2) is 0 Å². The number of nitrogens with two attached hydrogens (primary N) is 1. The van der Waals surface area contributed by atoms with Crippen LogP contribution in [0.4, 0.5) is 0 Å². The lowest BCUT2D eigenvalue weighted by Crippen LogP contribution is -2.37. The van der Waals surface area contributed by atoms with Crippen molar-refractivity contribution in [2.75, 3.05) is 6.61 Å². The summed E-state index contributed by atoms with van der Waals surface area (Å²) < 4.78 is 6.54. The minimum atomic E-state index is -0.718. The van der Waals surface area contributed by atoms with E-state index >= 15 is 0 Å². The van der Waals surface area contributed by atoms with Gasteiger partial charge >= 0.3 is 0 Å². The van der Waals surface area contributed by atoms with E-state index in [1.807, 2.05) is 54.6 Å². The molecule has 3 rings (SSSR count). The number of hydrogen-bond acceptors (Lipinski definition) is 2. The standard InChI is InChI=1S/C23H23NO/c1-2-22(24)18-25-23(19-12-6-3-7-13-19,20-14-8-4-9-15-20)21-16-10-5-11-17-21/h2-17,22H,1,18,24H2/t22-/m0/s1. The van der Waals surface area contributed by atoms with Crippen molar-refractivity contribution in [3.63, 3.8) is 0 Å². The molecule has 0 unspecified atom stereocenters. The van der Waals surface area contributed by atoms with Gasteiger partial charge < -0.3 is 10.5 Å². The molecule has 0 aromatic heterocycles. The predicted octanol–water partition coefficient (Wildman–Crippen LogP) is 4.51. The van der Waals surface area contributed by atoms with Gasteiger partial charge in [0.05, 0.1) is 6.61 Å². The molecule has 0 saturated carbocycles. The topological polar surface area (TPSA) is 35.2 Å². The van der Waals surface area contributed by atoms with Crippen LogP contribution >= 0.6 is 0 Å². The fourth-order valence-corrected chi connectivity index (χ4v) is 3.06. The summed E-state index contributed by atoms with van der Waals surface area (Å²) in [4.78, 5) is 0. The molecule has 0 bridgehead atoms. The Kier molecular flexibility index (Phi) is 5.44. The van der Waals surface area contributed by atoms with Gasteiger partial charge in [0, 0.05) is 6.04 Å². The summed E-state index contributed by atoms with van der Waals surface area (Å²) in [6.45, 7) is 4.15. The SMILES string of the molecule is C=C[C@H](N)COC(c1ccccc1)(c1ccccc1)c1ccccc1. The fraction of sp³-hybridized carbons (Fsp3) is 0.130. The zero-order valence-corrected chi connectivity index (χ0v) is 14.2. The summed E-state index contributed by atoms with van der Waals surface area (Å²) >= 11 is 0. The summed E-state index contributed by atoms with van der Waals surface area (Å²) in [6.07, 6.45) is 1.71. The van der Waals surface area contributed by atoms with E-state index in [2.05, 4.69) is 43.0 Å². The molecule has 3 aromatic rings. The van der Waals surface area contributed by atoms with E-state index in [1.54, 1.807) is 6.08 Å². The van der Waals surface area contributed by atoms with E-state index in [1.165, 1.54) is 0 Å².